The molecule has 0 unspecified atom stereocenters. The first-order valence-electron chi connectivity index (χ1n) is 14.2. The number of nitrogens with one attached hydrogen (secondary N) is 1. The lowest BCUT2D eigenvalue weighted by Gasteiger charge is -2.37. The van der Waals surface area contributed by atoms with Crippen molar-refractivity contribution in [2.45, 2.75) is 84.0 Å². The maximum absolute atomic E-state index is 15.4. The molecule has 2 aliphatic rings. The largest absolute Gasteiger partial charge is 0.444 e. The van der Waals surface area contributed by atoms with Crippen LogP contribution in [0.5, 0.6) is 0 Å². The maximum atomic E-state index is 15.4. The number of aryl methyl sites for hydroxylation is 1. The molecule has 3 heterocycles. The number of thiophene rings is 1. The van der Waals surface area contributed by atoms with Gasteiger partial charge in [0.25, 0.3) is 5.91 Å². The van der Waals surface area contributed by atoms with Crippen LogP contribution in [0, 0.1) is 12.7 Å². The summed E-state index contributed by atoms with van der Waals surface area (Å²) < 4.78 is 26.3. The van der Waals surface area contributed by atoms with Gasteiger partial charge in [-0.1, -0.05) is 12.1 Å². The second-order valence-corrected chi connectivity index (χ2v) is 13.8. The Balaban J connectivity index is 1.37. The first-order valence-corrected chi connectivity index (χ1v) is 15.0. The minimum atomic E-state index is -0.570. The molecule has 2 saturated heterocycles. The van der Waals surface area contributed by atoms with Crippen LogP contribution in [0.15, 0.2) is 24.3 Å². The lowest BCUT2D eigenvalue weighted by atomic mass is 9.88. The number of benzene rings is 1. The molecule has 1 atom stereocenters. The number of hydrogen-bond acceptors (Lipinski definition) is 6. The predicted molar refractivity (Wildman–Crippen MR) is 158 cm³/mol. The molecule has 2 amide bonds. The number of ether oxygens (including phenoxy) is 2. The van der Waals surface area contributed by atoms with E-state index in [1.54, 1.807) is 18.1 Å². The molecule has 2 aliphatic heterocycles. The second kappa shape index (κ2) is 12.2. The average Bonchev–Trinajstić information content (AvgIpc) is 3.49. The Morgan fingerprint density at radius 2 is 1.77 bits per heavy atom. The van der Waals surface area contributed by atoms with E-state index in [4.69, 9.17) is 9.47 Å². The fourth-order valence-electron chi connectivity index (χ4n) is 5.53. The number of amides is 2. The van der Waals surface area contributed by atoms with E-state index in [1.807, 2.05) is 45.9 Å². The van der Waals surface area contributed by atoms with E-state index >= 15 is 4.39 Å². The number of rotatable bonds is 7. The molecular formula is C31H44FN3O4S. The Morgan fingerprint density at radius 3 is 2.40 bits per heavy atom. The molecule has 4 rings (SSSR count). The predicted octanol–water partition coefficient (Wildman–Crippen LogP) is 6.21. The quantitative estimate of drug-likeness (QED) is 0.427. The van der Waals surface area contributed by atoms with Crippen LogP contribution in [-0.4, -0.2) is 78.9 Å². The number of hydrogen-bond donors (Lipinski definition) is 1. The fraction of sp³-hybridized carbons (Fsp3) is 0.613. The minimum absolute atomic E-state index is 0.0530. The van der Waals surface area contributed by atoms with Gasteiger partial charge in [0, 0.05) is 31.6 Å². The lowest BCUT2D eigenvalue weighted by Crippen LogP contribution is -2.43. The van der Waals surface area contributed by atoms with Crippen molar-refractivity contribution in [3.05, 3.63) is 46.1 Å². The van der Waals surface area contributed by atoms with Crippen molar-refractivity contribution in [3.63, 3.8) is 0 Å². The van der Waals surface area contributed by atoms with Crippen LogP contribution >= 0.6 is 11.3 Å². The maximum Gasteiger partial charge on any atom is 0.407 e. The van der Waals surface area contributed by atoms with E-state index in [0.29, 0.717) is 24.4 Å². The third-order valence-electron chi connectivity index (χ3n) is 7.78. The number of methoxy groups -OCH3 is 1. The summed E-state index contributed by atoms with van der Waals surface area (Å²) in [5.74, 6) is -0.0268. The van der Waals surface area contributed by atoms with Crippen molar-refractivity contribution in [2.75, 3.05) is 39.8 Å². The van der Waals surface area contributed by atoms with Crippen LogP contribution < -0.4 is 5.32 Å². The average molecular weight is 574 g/mol. The molecule has 0 spiro atoms. The molecule has 40 heavy (non-hydrogen) atoms. The van der Waals surface area contributed by atoms with Crippen molar-refractivity contribution in [2.24, 2.45) is 0 Å². The summed E-state index contributed by atoms with van der Waals surface area (Å²) in [4.78, 5) is 31.2. The van der Waals surface area contributed by atoms with Crippen LogP contribution in [-0.2, 0) is 9.47 Å². The molecule has 1 aromatic heterocycles. The molecule has 1 aromatic carbocycles. The van der Waals surface area contributed by atoms with Crippen molar-refractivity contribution in [3.8, 4) is 10.4 Å². The van der Waals surface area contributed by atoms with Crippen molar-refractivity contribution in [1.82, 2.24) is 15.1 Å². The SMILES string of the molecule is COC(C)(C)CN1CCC(c2ccc(-c3cc(C)c(C(=O)N4CC[C@H](NC(=O)OC(C)(C)C)C4)s3)cc2F)CC1. The number of carbonyl (C=O) groups is 2. The Labute approximate surface area is 242 Å². The Morgan fingerprint density at radius 1 is 1.07 bits per heavy atom. The summed E-state index contributed by atoms with van der Waals surface area (Å²) in [6, 6.07) is 7.35. The third-order valence-corrected chi connectivity index (χ3v) is 9.05. The molecule has 0 bridgehead atoms. The normalized spacial score (nSPS) is 19.2. The summed E-state index contributed by atoms with van der Waals surface area (Å²) in [5, 5.41) is 2.87. The van der Waals surface area contributed by atoms with Crippen molar-refractivity contribution in [1.29, 1.82) is 0 Å². The number of likely N-dealkylation sites (tertiary alicyclic amines) is 2. The molecule has 2 fully saturated rings. The molecule has 0 aliphatic carbocycles. The number of piperidine rings is 1. The van der Waals surface area contributed by atoms with Gasteiger partial charge >= 0.3 is 6.09 Å². The van der Waals surface area contributed by atoms with Gasteiger partial charge in [0.05, 0.1) is 16.5 Å². The highest BCUT2D eigenvalue weighted by Crippen LogP contribution is 2.36. The lowest BCUT2D eigenvalue weighted by molar-refractivity contribution is -0.0125. The molecule has 9 heteroatoms. The molecule has 0 saturated carbocycles. The molecule has 2 aromatic rings. The van der Waals surface area contributed by atoms with Crippen LogP contribution in [0.25, 0.3) is 10.4 Å². The Kier molecular flexibility index (Phi) is 9.27. The zero-order valence-electron chi connectivity index (χ0n) is 24.9. The number of carbonyl (C=O) groups excluding carboxylic acids is 2. The van der Waals surface area contributed by atoms with Gasteiger partial charge in [0.15, 0.2) is 0 Å². The molecule has 7 nitrogen and oxygen atoms in total. The zero-order chi connectivity index (χ0) is 29.2. The van der Waals surface area contributed by atoms with Gasteiger partial charge < -0.3 is 24.6 Å². The van der Waals surface area contributed by atoms with Gasteiger partial charge in [-0.05, 0) is 109 Å². The van der Waals surface area contributed by atoms with Gasteiger partial charge in [-0.2, -0.15) is 0 Å². The van der Waals surface area contributed by atoms with Gasteiger partial charge in [0.1, 0.15) is 11.4 Å². The van der Waals surface area contributed by atoms with E-state index in [-0.39, 0.29) is 29.3 Å². The zero-order valence-corrected chi connectivity index (χ0v) is 25.8. The number of alkyl carbamates (subject to hydrolysis) is 1. The highest BCUT2D eigenvalue weighted by molar-refractivity contribution is 7.17. The fourth-order valence-corrected chi connectivity index (χ4v) is 6.67. The van der Waals surface area contributed by atoms with Gasteiger partial charge in [-0.15, -0.1) is 11.3 Å². The monoisotopic (exact) mass is 573 g/mol. The van der Waals surface area contributed by atoms with Gasteiger partial charge in [-0.3, -0.25) is 4.79 Å². The van der Waals surface area contributed by atoms with E-state index in [2.05, 4.69) is 24.1 Å². The summed E-state index contributed by atoms with van der Waals surface area (Å²) in [6.07, 6.45) is 2.06. The van der Waals surface area contributed by atoms with Crippen LogP contribution in [0.3, 0.4) is 0 Å². The van der Waals surface area contributed by atoms with Crippen molar-refractivity contribution < 1.29 is 23.5 Å². The topological polar surface area (TPSA) is 71.1 Å². The van der Waals surface area contributed by atoms with E-state index in [0.717, 1.165) is 54.0 Å². The standard InChI is InChI=1S/C31H44FN3O4S/c1-20-16-26(40-27(20)28(36)35-15-12-23(18-35)33-29(37)39-30(2,3)4)22-8-9-24(25(32)17-22)21-10-13-34(14-11-21)19-31(5,6)38-7/h8-9,16-17,21,23H,10-15,18-19H2,1-7H3,(H,33,37)/t23-/m0/s1. The van der Waals surface area contributed by atoms with E-state index in [1.165, 1.54) is 11.3 Å². The second-order valence-electron chi connectivity index (χ2n) is 12.8. The molecule has 220 valence electrons. The van der Waals surface area contributed by atoms with Gasteiger partial charge in [-0.25, -0.2) is 9.18 Å². The van der Waals surface area contributed by atoms with Crippen molar-refractivity contribution >= 4 is 23.3 Å². The number of halogens is 1. The Hall–Kier alpha value is -2.49. The molecular weight excluding hydrogens is 529 g/mol. The molecule has 1 N–H and O–H groups in total. The summed E-state index contributed by atoms with van der Waals surface area (Å²) in [6.45, 7) is 15.3. The minimum Gasteiger partial charge on any atom is -0.444 e. The summed E-state index contributed by atoms with van der Waals surface area (Å²) in [5.41, 5.74) is 1.69. The highest BCUT2D eigenvalue weighted by Gasteiger charge is 2.31. The van der Waals surface area contributed by atoms with E-state index in [9.17, 15) is 9.59 Å². The summed E-state index contributed by atoms with van der Waals surface area (Å²) in [7, 11) is 1.74. The third kappa shape index (κ3) is 7.62. The Bertz CT molecular complexity index is 1210. The molecule has 0 radical (unpaired) electrons. The first kappa shape index (κ1) is 30.5. The van der Waals surface area contributed by atoms with Gasteiger partial charge in [0.2, 0.25) is 0 Å². The smallest absolute Gasteiger partial charge is 0.407 e. The number of nitrogens with zero attached hydrogens (tertiary/aromatic N) is 2. The van der Waals surface area contributed by atoms with E-state index < -0.39 is 11.7 Å². The highest BCUT2D eigenvalue weighted by atomic mass is 32.1. The van der Waals surface area contributed by atoms with Crippen LogP contribution in [0.2, 0.25) is 0 Å². The van der Waals surface area contributed by atoms with Crippen LogP contribution in [0.1, 0.15) is 80.6 Å². The summed E-state index contributed by atoms with van der Waals surface area (Å²) >= 11 is 1.40. The van der Waals surface area contributed by atoms with Crippen LogP contribution in [0.4, 0.5) is 9.18 Å². The first-order chi connectivity index (χ1) is 18.7.